The van der Waals surface area contributed by atoms with E-state index in [-0.39, 0.29) is 42.6 Å². The highest BCUT2D eigenvalue weighted by Crippen LogP contribution is 2.26. The van der Waals surface area contributed by atoms with Crippen molar-refractivity contribution in [2.24, 2.45) is 17.8 Å². The number of aliphatic hydroxyl groups is 15. The summed E-state index contributed by atoms with van der Waals surface area (Å²) in [6.45, 7) is -5.59. The number of rotatable bonds is 62. The molecule has 0 aliphatic rings. The fraction of sp³-hybridized carbons (Fsp3) is 0.776. The van der Waals surface area contributed by atoms with Crippen LogP contribution in [0, 0.1) is 17.8 Å². The predicted octanol–water partition coefficient (Wildman–Crippen LogP) is -9.91. The minimum absolute atomic E-state index is 0.0364. The number of nitrogens with one attached hydrogen (secondary N) is 8. The molecule has 0 saturated heterocycles. The van der Waals surface area contributed by atoms with Crippen molar-refractivity contribution in [1.29, 1.82) is 0 Å². The highest BCUT2D eigenvalue weighted by Gasteiger charge is 2.38. The molecule has 41 nitrogen and oxygen atoms in total. The Morgan fingerprint density at radius 3 is 1.09 bits per heavy atom. The monoisotopic (exact) mass is 1570 g/mol. The Morgan fingerprint density at radius 2 is 0.740 bits per heavy atom. The molecule has 0 rings (SSSR count). The normalized spacial score (nSPS) is 16.7. The minimum atomic E-state index is -2.18. The van der Waals surface area contributed by atoms with E-state index in [0.29, 0.717) is 0 Å². The zero-order valence-electron chi connectivity index (χ0n) is 56.7. The molecule has 0 heterocycles. The Kier molecular flexibility index (Phi) is 52.6. The molecule has 0 saturated carbocycles. The third-order valence-electron chi connectivity index (χ3n) is 15.2. The second-order valence-corrected chi connectivity index (χ2v) is 28.7. The maximum atomic E-state index is 14.7. The number of amides is 7. The van der Waals surface area contributed by atoms with Crippen LogP contribution in [-0.2, 0) is 66.9 Å². The number of aliphatic carboxylic acids is 3. The fourth-order valence-corrected chi connectivity index (χ4v) is 12.9. The van der Waals surface area contributed by atoms with Crippen molar-refractivity contribution in [3.63, 3.8) is 0 Å². The molecule has 596 valence electrons. The van der Waals surface area contributed by atoms with Gasteiger partial charge in [0.15, 0.2) is 11.6 Å². The molecule has 0 aliphatic heterocycles. The molecule has 104 heavy (non-hydrogen) atoms. The summed E-state index contributed by atoms with van der Waals surface area (Å²) in [5, 5.41) is 192. The number of ketones is 3. The highest BCUT2D eigenvalue weighted by molar-refractivity contribution is 8.77. The van der Waals surface area contributed by atoms with Crippen LogP contribution in [-0.4, -0.2) is 351 Å². The maximum absolute atomic E-state index is 14.7. The van der Waals surface area contributed by atoms with Crippen LogP contribution >= 0.6 is 43.2 Å². The summed E-state index contributed by atoms with van der Waals surface area (Å²) in [4.78, 5) is 174. The summed E-state index contributed by atoms with van der Waals surface area (Å²) in [7, 11) is 10.9. The van der Waals surface area contributed by atoms with Gasteiger partial charge in [-0.15, -0.1) is 0 Å². The smallest absolute Gasteiger partial charge is 0.421 e. The standard InChI is InChI=1S/C58H99BN8O33S4/c1-60-67-58(98)99-13-16-102-101-15-12-31(71)18-28(2-7-43(80)61-21-37(74)48(87)51(90)40(77)24-68)54(93)64-32(5-10-46(83)84)35(72)19-29(3-8-44(81)62-22-38(75)49(88)52(91)41(78)25-69)55(94)65-33(6-11-47(85)86)36(73)20-30(56(95)66-34(57(96)97)27-104-103-17-14-100-59)4-9-45(82)63-23-39(76)50(89)53(92)42(79)26-70/h28-30,32-34,37-42,48-53,60,68-70,74-79,87-92H,2-27H2,1H3,(H,61,80)(H,62,81)(H,63,82)(H,64,93)(H,65,94)(H,66,95)(H,67,98)(H,83,84)(H,85,86)(H,96,97). The van der Waals surface area contributed by atoms with Crippen LogP contribution in [0.25, 0.3) is 0 Å². The van der Waals surface area contributed by atoms with Gasteiger partial charge in [-0.3, -0.25) is 58.2 Å². The van der Waals surface area contributed by atoms with Gasteiger partial charge in [0.1, 0.15) is 73.4 Å². The topological polar surface area (TPSA) is 701 Å². The van der Waals surface area contributed by atoms with Crippen molar-refractivity contribution < 1.29 is 164 Å². The lowest BCUT2D eigenvalue weighted by atomic mass is 9.89. The Morgan fingerprint density at radius 1 is 0.404 bits per heavy atom. The second-order valence-electron chi connectivity index (χ2n) is 23.4. The third kappa shape index (κ3) is 42.0. The van der Waals surface area contributed by atoms with Gasteiger partial charge in [0.05, 0.1) is 50.2 Å². The molecule has 0 aromatic heterocycles. The molecule has 0 aromatic carbocycles. The Labute approximate surface area is 613 Å². The van der Waals surface area contributed by atoms with E-state index in [9.17, 15) is 144 Å². The van der Waals surface area contributed by atoms with E-state index in [1.807, 2.05) is 0 Å². The number of aliphatic hydroxyl groups excluding tert-OH is 15. The molecule has 2 radical (unpaired) electrons. The molecule has 0 aliphatic carbocycles. The molecule has 0 bridgehead atoms. The van der Waals surface area contributed by atoms with Crippen molar-refractivity contribution in [2.75, 3.05) is 82.7 Å². The number of carbonyl (C=O) groups excluding carboxylic acids is 10. The lowest BCUT2D eigenvalue weighted by Gasteiger charge is -2.26. The Balaban J connectivity index is 7.62. The van der Waals surface area contributed by atoms with Gasteiger partial charge in [0, 0.05) is 132 Å². The van der Waals surface area contributed by atoms with Crippen molar-refractivity contribution in [1.82, 2.24) is 42.8 Å². The average molecular weight is 1580 g/mol. The van der Waals surface area contributed by atoms with Gasteiger partial charge in [-0.1, -0.05) is 43.2 Å². The number of hydrazine groups is 1. The lowest BCUT2D eigenvalue weighted by Crippen LogP contribution is -2.50. The molecule has 18 atom stereocenters. The van der Waals surface area contributed by atoms with Crippen molar-refractivity contribution >= 4 is 128 Å². The molecule has 0 spiro atoms. The molecule has 46 heteroatoms. The molecule has 0 fully saturated rings. The number of carboxylic acid groups (broad SMARTS) is 3. The van der Waals surface area contributed by atoms with Crippen LogP contribution in [0.2, 0.25) is 0 Å². The van der Waals surface area contributed by atoms with Gasteiger partial charge in [0.25, 0.3) is 8.05 Å². The van der Waals surface area contributed by atoms with Crippen LogP contribution in [0.3, 0.4) is 0 Å². The van der Waals surface area contributed by atoms with Gasteiger partial charge >= 0.3 is 24.0 Å². The van der Waals surface area contributed by atoms with Crippen LogP contribution in [0.15, 0.2) is 0 Å². The Hall–Kier alpha value is -5.71. The lowest BCUT2D eigenvalue weighted by molar-refractivity contribution is -0.142. The zero-order chi connectivity index (χ0) is 79.2. The predicted molar refractivity (Wildman–Crippen MR) is 366 cm³/mol. The number of carbonyl (C=O) groups is 13. The molecule has 0 aromatic rings. The average Bonchev–Trinajstić information content (AvgIpc) is 0.862. The van der Waals surface area contributed by atoms with Crippen LogP contribution in [0.5, 0.6) is 0 Å². The van der Waals surface area contributed by atoms with E-state index >= 15 is 0 Å². The first-order valence-corrected chi connectivity index (χ1v) is 37.3. The Bertz CT molecular complexity index is 2660. The van der Waals surface area contributed by atoms with E-state index in [4.69, 9.17) is 23.0 Å². The van der Waals surface area contributed by atoms with Crippen LogP contribution in [0.1, 0.15) is 89.9 Å². The van der Waals surface area contributed by atoms with E-state index in [1.165, 1.54) is 28.6 Å². The largest absolute Gasteiger partial charge is 0.481 e. The minimum Gasteiger partial charge on any atom is -0.481 e. The van der Waals surface area contributed by atoms with Gasteiger partial charge in [-0.05, 0) is 32.1 Å². The van der Waals surface area contributed by atoms with Crippen molar-refractivity contribution in [3.8, 4) is 0 Å². The molecule has 7 amide bonds. The van der Waals surface area contributed by atoms with Gasteiger partial charge in [-0.2, -0.15) is 0 Å². The quantitative estimate of drug-likeness (QED) is 0.0116. The van der Waals surface area contributed by atoms with E-state index in [2.05, 4.69) is 47.4 Å². The fourth-order valence-electron chi connectivity index (χ4n) is 9.06. The summed E-state index contributed by atoms with van der Waals surface area (Å²) < 4.78 is 9.41. The highest BCUT2D eigenvalue weighted by atomic mass is 33.1. The van der Waals surface area contributed by atoms with Crippen LogP contribution in [0.4, 0.5) is 4.79 Å². The number of Topliss-reactive ketones (excluding diaryl/α,β-unsaturated/α-hetero) is 3. The SMILES string of the molecule is [B]OCCSSCC(NC(=O)C(CCC(=O)NCC(O)C(O)C(O)C(O)CO)CC(=O)C(CCC(=O)O)NC(=O)C(CCC(=O)NCC(O)C(O)C(O)C(O)CO)CC(=O)C(CCC(=O)O)NC(=O)C(CCC(=O)NCC(O)C(O)C(O)C(O)CO)CC(=O)CCSSCCOC(=O)NNC)C(=O)O. The molecular formula is C58H99BN8O33S4. The number of carboxylic acids is 3. The third-order valence-corrected chi connectivity index (χ3v) is 20.0. The molecule has 18 unspecified atom stereocenters. The van der Waals surface area contributed by atoms with Gasteiger partial charge in [-0.25, -0.2) is 15.0 Å². The van der Waals surface area contributed by atoms with E-state index in [1.54, 1.807) is 0 Å². The van der Waals surface area contributed by atoms with E-state index < -0.39 is 309 Å². The van der Waals surface area contributed by atoms with Crippen molar-refractivity contribution in [3.05, 3.63) is 0 Å². The summed E-state index contributed by atoms with van der Waals surface area (Å²) in [5.41, 5.74) is 4.57. The maximum Gasteiger partial charge on any atom is 0.421 e. The van der Waals surface area contributed by atoms with Crippen molar-refractivity contribution in [2.45, 2.75) is 181 Å². The van der Waals surface area contributed by atoms with Crippen LogP contribution < -0.4 is 42.8 Å². The van der Waals surface area contributed by atoms with E-state index in [0.717, 1.165) is 21.6 Å². The summed E-state index contributed by atoms with van der Waals surface area (Å²) in [6, 6.07) is -5.58. The number of ether oxygens (including phenoxy) is 1. The second kappa shape index (κ2) is 55.7. The molecular weight excluding hydrogens is 1480 g/mol. The summed E-state index contributed by atoms with van der Waals surface area (Å²) in [6.07, 6.45) is -35.8. The first kappa shape index (κ1) is 98.3. The number of hydrogen-bond donors (Lipinski definition) is 26. The molecule has 26 N–H and O–H groups in total. The first-order valence-electron chi connectivity index (χ1n) is 32.3. The number of hydrogen-bond acceptors (Lipinski definition) is 35. The van der Waals surface area contributed by atoms with Gasteiger partial charge < -0.3 is 133 Å². The summed E-state index contributed by atoms with van der Waals surface area (Å²) >= 11 is 0. The first-order chi connectivity index (χ1) is 49.0. The van der Waals surface area contributed by atoms with Gasteiger partial charge in [0.2, 0.25) is 35.4 Å². The summed E-state index contributed by atoms with van der Waals surface area (Å²) in [5.74, 6) is -19.2. The zero-order valence-corrected chi connectivity index (χ0v) is 59.9.